The van der Waals surface area contributed by atoms with Crippen LogP contribution in [-0.2, 0) is 42.9 Å². The van der Waals surface area contributed by atoms with Crippen LogP contribution in [0.1, 0.15) is 67.7 Å². The highest BCUT2D eigenvalue weighted by atomic mass is 16.7. The molecule has 4 aliphatic rings. The third-order valence-electron chi connectivity index (χ3n) is 8.20. The Labute approximate surface area is 205 Å². The first-order chi connectivity index (χ1) is 16.3. The van der Waals surface area contributed by atoms with Gasteiger partial charge >= 0.3 is 23.9 Å². The average Bonchev–Trinajstić information content (AvgIpc) is 3.32. The van der Waals surface area contributed by atoms with Gasteiger partial charge in [-0.25, -0.2) is 4.79 Å². The van der Waals surface area contributed by atoms with Gasteiger partial charge in [-0.15, -0.1) is 0 Å². The summed E-state index contributed by atoms with van der Waals surface area (Å²) in [6.45, 7) is 11.3. The number of carbonyl (C=O) groups excluding carboxylic acids is 4. The summed E-state index contributed by atoms with van der Waals surface area (Å²) in [6, 6.07) is 0. The molecule has 0 aromatic rings. The molecule has 0 N–H and O–H groups in total. The maximum atomic E-state index is 12.9. The van der Waals surface area contributed by atoms with Crippen molar-refractivity contribution >= 4 is 23.9 Å². The topological polar surface area (TPSA) is 118 Å². The van der Waals surface area contributed by atoms with Gasteiger partial charge in [0, 0.05) is 33.1 Å². The highest BCUT2D eigenvalue weighted by Gasteiger charge is 2.87. The second-order valence-electron chi connectivity index (χ2n) is 10.6. The molecule has 35 heavy (non-hydrogen) atoms. The van der Waals surface area contributed by atoms with Crippen LogP contribution in [0, 0.1) is 11.3 Å². The zero-order chi connectivity index (χ0) is 25.9. The van der Waals surface area contributed by atoms with Gasteiger partial charge in [-0.05, 0) is 39.7 Å². The summed E-state index contributed by atoms with van der Waals surface area (Å²) in [4.78, 5) is 49.7. The fraction of sp³-hybridized carbons (Fsp3) is 0.692. The molecule has 2 saturated heterocycles. The van der Waals surface area contributed by atoms with Gasteiger partial charge in [-0.2, -0.15) is 0 Å². The molecule has 1 spiro atoms. The lowest BCUT2D eigenvalue weighted by molar-refractivity contribution is -0.197. The van der Waals surface area contributed by atoms with Crippen LogP contribution >= 0.6 is 0 Å². The summed E-state index contributed by atoms with van der Waals surface area (Å²) >= 11 is 0. The standard InChI is InChI=1S/C26H34O9/c1-13-8-10-18(31-15(3)27)24(6)19(32-16(4)28)11-9-14(2)21(24)22(33-17(5)29)26-20(12-13)34-23(30)25(26,7)35-26/h9,12,18-22H,8,10-11H2,1-7H3/b13-12-/t18-,19+,20+,21-,22-,24+,25-,26+/m1/s1. The van der Waals surface area contributed by atoms with E-state index in [9.17, 15) is 19.2 Å². The van der Waals surface area contributed by atoms with Gasteiger partial charge in [-0.1, -0.05) is 24.1 Å². The predicted molar refractivity (Wildman–Crippen MR) is 122 cm³/mol. The van der Waals surface area contributed by atoms with Crippen molar-refractivity contribution in [3.8, 4) is 0 Å². The van der Waals surface area contributed by atoms with E-state index in [2.05, 4.69) is 0 Å². The van der Waals surface area contributed by atoms with E-state index in [0.717, 1.165) is 11.1 Å². The molecule has 9 nitrogen and oxygen atoms in total. The second-order valence-corrected chi connectivity index (χ2v) is 10.6. The van der Waals surface area contributed by atoms with Crippen molar-refractivity contribution in [3.63, 3.8) is 0 Å². The van der Waals surface area contributed by atoms with Gasteiger partial charge in [0.05, 0.1) is 5.41 Å². The smallest absolute Gasteiger partial charge is 0.342 e. The lowest BCUT2D eigenvalue weighted by Gasteiger charge is -2.52. The Balaban J connectivity index is 1.98. The van der Waals surface area contributed by atoms with Crippen LogP contribution in [0.3, 0.4) is 0 Å². The number of ether oxygens (including phenoxy) is 5. The van der Waals surface area contributed by atoms with E-state index in [1.807, 2.05) is 32.9 Å². The van der Waals surface area contributed by atoms with Crippen molar-refractivity contribution in [1.29, 1.82) is 0 Å². The zero-order valence-electron chi connectivity index (χ0n) is 21.3. The minimum absolute atomic E-state index is 0.405. The predicted octanol–water partition coefficient (Wildman–Crippen LogP) is 2.95. The van der Waals surface area contributed by atoms with Crippen molar-refractivity contribution in [2.45, 2.75) is 103 Å². The molecule has 0 amide bonds. The van der Waals surface area contributed by atoms with Crippen molar-refractivity contribution in [3.05, 3.63) is 23.3 Å². The van der Waals surface area contributed by atoms with Gasteiger partial charge in [-0.3, -0.25) is 14.4 Å². The normalized spacial score (nSPS) is 43.6. The third kappa shape index (κ3) is 3.79. The molecule has 0 unspecified atom stereocenters. The molecule has 0 saturated carbocycles. The minimum Gasteiger partial charge on any atom is -0.462 e. The van der Waals surface area contributed by atoms with Crippen molar-refractivity contribution in [2.24, 2.45) is 11.3 Å². The Bertz CT molecular complexity index is 1030. The number of esters is 4. The fourth-order valence-corrected chi connectivity index (χ4v) is 6.50. The molecule has 2 fully saturated rings. The summed E-state index contributed by atoms with van der Waals surface area (Å²) in [6.07, 6.45) is 2.10. The van der Waals surface area contributed by atoms with Gasteiger partial charge in [0.2, 0.25) is 0 Å². The first kappa shape index (κ1) is 25.4. The number of allylic oxidation sites excluding steroid dienone is 1. The Morgan fingerprint density at radius 1 is 0.971 bits per heavy atom. The van der Waals surface area contributed by atoms with Crippen LogP contribution in [0.25, 0.3) is 0 Å². The Morgan fingerprint density at radius 3 is 2.14 bits per heavy atom. The number of rotatable bonds is 3. The number of carbonyl (C=O) groups is 4. The first-order valence-electron chi connectivity index (χ1n) is 12.0. The highest BCUT2D eigenvalue weighted by molar-refractivity contribution is 5.89. The fourth-order valence-electron chi connectivity index (χ4n) is 6.50. The molecule has 2 aliphatic carbocycles. The Morgan fingerprint density at radius 2 is 1.57 bits per heavy atom. The maximum absolute atomic E-state index is 12.9. The quantitative estimate of drug-likeness (QED) is 0.255. The minimum atomic E-state index is -1.31. The Hall–Kier alpha value is -2.68. The second kappa shape index (κ2) is 8.47. The van der Waals surface area contributed by atoms with Crippen LogP contribution in [-0.4, -0.2) is 59.5 Å². The molecule has 2 heterocycles. The van der Waals surface area contributed by atoms with E-state index in [-0.39, 0.29) is 0 Å². The highest BCUT2D eigenvalue weighted by Crippen LogP contribution is 2.65. The first-order valence-corrected chi connectivity index (χ1v) is 12.0. The summed E-state index contributed by atoms with van der Waals surface area (Å²) in [5.41, 5.74) is -1.79. The summed E-state index contributed by atoms with van der Waals surface area (Å²) < 4.78 is 29.6. The van der Waals surface area contributed by atoms with Crippen molar-refractivity contribution in [2.75, 3.05) is 0 Å². The summed E-state index contributed by atoms with van der Waals surface area (Å²) in [7, 11) is 0. The van der Waals surface area contributed by atoms with E-state index in [0.29, 0.717) is 19.3 Å². The average molecular weight is 491 g/mol. The number of hydrogen-bond donors (Lipinski definition) is 0. The van der Waals surface area contributed by atoms with Gasteiger partial charge in [0.25, 0.3) is 0 Å². The van der Waals surface area contributed by atoms with Gasteiger partial charge in [0.15, 0.2) is 17.3 Å². The molecule has 0 bridgehead atoms. The maximum Gasteiger partial charge on any atom is 0.342 e. The zero-order valence-corrected chi connectivity index (χ0v) is 21.3. The van der Waals surface area contributed by atoms with Crippen LogP contribution in [0.2, 0.25) is 0 Å². The van der Waals surface area contributed by atoms with Crippen LogP contribution in [0.5, 0.6) is 0 Å². The number of fused-ring (bicyclic) bond motifs is 1. The molecule has 4 rings (SSSR count). The third-order valence-corrected chi connectivity index (χ3v) is 8.20. The van der Waals surface area contributed by atoms with Gasteiger partial charge in [0.1, 0.15) is 18.3 Å². The van der Waals surface area contributed by atoms with Gasteiger partial charge < -0.3 is 23.7 Å². The molecule has 0 aromatic heterocycles. The summed E-state index contributed by atoms with van der Waals surface area (Å²) in [5, 5.41) is 0. The lowest BCUT2D eigenvalue weighted by atomic mass is 9.57. The molecule has 2 aliphatic heterocycles. The van der Waals surface area contributed by atoms with Crippen LogP contribution < -0.4 is 0 Å². The molecule has 8 atom stereocenters. The number of hydrogen-bond acceptors (Lipinski definition) is 9. The van der Waals surface area contributed by atoms with E-state index >= 15 is 0 Å². The summed E-state index contributed by atoms with van der Waals surface area (Å²) in [5.74, 6) is -2.60. The molecular formula is C26H34O9. The molecule has 192 valence electrons. The van der Waals surface area contributed by atoms with E-state index in [1.165, 1.54) is 20.8 Å². The number of epoxide rings is 1. The Kier molecular flexibility index (Phi) is 6.15. The SMILES string of the molecule is CC(=O)O[C@H]1CC=C(C)[C@@H]2[C@@H](OC(C)=O)[C@]34O[C@]3(C)C(=O)O[C@H]4/C=C(/C)CC[C@@H](OC(C)=O)[C@@]12C. The van der Waals surface area contributed by atoms with Crippen molar-refractivity contribution in [1.82, 2.24) is 0 Å². The largest absolute Gasteiger partial charge is 0.462 e. The van der Waals surface area contributed by atoms with E-state index in [4.69, 9.17) is 23.7 Å². The molecule has 9 heteroatoms. The van der Waals surface area contributed by atoms with E-state index < -0.39 is 70.8 Å². The van der Waals surface area contributed by atoms with Crippen LogP contribution in [0.15, 0.2) is 23.3 Å². The molecule has 0 aromatic carbocycles. The molecular weight excluding hydrogens is 456 g/mol. The van der Waals surface area contributed by atoms with Crippen LogP contribution in [0.4, 0.5) is 0 Å². The molecule has 0 radical (unpaired) electrons. The monoisotopic (exact) mass is 490 g/mol. The van der Waals surface area contributed by atoms with E-state index in [1.54, 1.807) is 6.92 Å². The lowest BCUT2D eigenvalue weighted by Crippen LogP contribution is -2.61. The van der Waals surface area contributed by atoms with Crippen molar-refractivity contribution < 1.29 is 42.9 Å².